The Morgan fingerprint density at radius 2 is 2.26 bits per heavy atom. The third-order valence-electron chi connectivity index (χ3n) is 3.56. The van der Waals surface area contributed by atoms with E-state index in [9.17, 15) is 9.59 Å². The molecule has 1 atom stereocenters. The van der Waals surface area contributed by atoms with Crippen molar-refractivity contribution < 1.29 is 14.3 Å². The first-order valence-electron chi connectivity index (χ1n) is 6.53. The zero-order valence-corrected chi connectivity index (χ0v) is 13.3. The largest absolute Gasteiger partial charge is 0.465 e. The van der Waals surface area contributed by atoms with Gasteiger partial charge in [0.15, 0.2) is 5.78 Å². The smallest absolute Gasteiger partial charge is 0.319 e. The Bertz CT molecular complexity index is 483. The summed E-state index contributed by atoms with van der Waals surface area (Å²) in [6.45, 7) is 2.10. The summed E-state index contributed by atoms with van der Waals surface area (Å²) < 4.78 is 6.19. The molecule has 0 radical (unpaired) electrons. The second-order valence-electron chi connectivity index (χ2n) is 4.82. The maximum Gasteiger partial charge on any atom is 0.319 e. The first-order chi connectivity index (χ1) is 9.08. The zero-order chi connectivity index (χ0) is 13.9. The van der Waals surface area contributed by atoms with Gasteiger partial charge < -0.3 is 4.74 Å². The third-order valence-corrected chi connectivity index (χ3v) is 5.19. The van der Waals surface area contributed by atoms with E-state index < -0.39 is 5.41 Å². The lowest BCUT2D eigenvalue weighted by Gasteiger charge is -2.32. The second-order valence-corrected chi connectivity index (χ2v) is 7.36. The van der Waals surface area contributed by atoms with Crippen molar-refractivity contribution in [3.05, 3.63) is 20.8 Å². The van der Waals surface area contributed by atoms with Crippen LogP contribution in [0.5, 0.6) is 0 Å². The average molecular weight is 345 g/mol. The van der Waals surface area contributed by atoms with E-state index in [-0.39, 0.29) is 11.8 Å². The Hall–Kier alpha value is -0.680. The molecule has 0 aliphatic heterocycles. The maximum atomic E-state index is 12.3. The molecule has 19 heavy (non-hydrogen) atoms. The monoisotopic (exact) mass is 344 g/mol. The molecule has 1 aromatic rings. The number of esters is 1. The molecule has 1 saturated carbocycles. The van der Waals surface area contributed by atoms with E-state index in [0.29, 0.717) is 25.9 Å². The van der Waals surface area contributed by atoms with Gasteiger partial charge in [-0.05, 0) is 47.8 Å². The number of hydrogen-bond acceptors (Lipinski definition) is 4. The van der Waals surface area contributed by atoms with Gasteiger partial charge in [0, 0.05) is 17.7 Å². The van der Waals surface area contributed by atoms with Crippen molar-refractivity contribution in [2.24, 2.45) is 5.41 Å². The zero-order valence-electron chi connectivity index (χ0n) is 10.9. The highest BCUT2D eigenvalue weighted by Gasteiger charge is 2.48. The molecule has 0 aromatic carbocycles. The van der Waals surface area contributed by atoms with Crippen LogP contribution in [0.15, 0.2) is 15.9 Å². The summed E-state index contributed by atoms with van der Waals surface area (Å²) in [5.41, 5.74) is -0.946. The number of rotatable bonds is 4. The second kappa shape index (κ2) is 6.18. The van der Waals surface area contributed by atoms with Crippen LogP contribution >= 0.6 is 27.3 Å². The number of carbonyl (C=O) groups is 2. The predicted molar refractivity (Wildman–Crippen MR) is 78.3 cm³/mol. The van der Waals surface area contributed by atoms with Gasteiger partial charge in [0.1, 0.15) is 5.41 Å². The molecule has 0 saturated heterocycles. The number of carbonyl (C=O) groups excluding carboxylic acids is 2. The number of hydrogen-bond donors (Lipinski definition) is 0. The molecule has 3 nitrogen and oxygen atoms in total. The normalized spacial score (nSPS) is 23.4. The Morgan fingerprint density at radius 3 is 2.84 bits per heavy atom. The first kappa shape index (κ1) is 14.7. The van der Waals surface area contributed by atoms with Crippen molar-refractivity contribution in [3.8, 4) is 0 Å². The Labute approximate surface area is 125 Å². The van der Waals surface area contributed by atoms with Gasteiger partial charge in [-0.2, -0.15) is 0 Å². The fraction of sp³-hybridized carbons (Fsp3) is 0.571. The quantitative estimate of drug-likeness (QED) is 0.617. The molecular weight excluding hydrogens is 328 g/mol. The van der Waals surface area contributed by atoms with Crippen molar-refractivity contribution in [1.82, 2.24) is 0 Å². The van der Waals surface area contributed by atoms with E-state index in [4.69, 9.17) is 4.74 Å². The summed E-state index contributed by atoms with van der Waals surface area (Å²) in [6, 6.07) is 3.92. The highest BCUT2D eigenvalue weighted by molar-refractivity contribution is 9.11. The van der Waals surface area contributed by atoms with Crippen LogP contribution < -0.4 is 0 Å². The van der Waals surface area contributed by atoms with Crippen molar-refractivity contribution in [3.63, 3.8) is 0 Å². The molecule has 1 aliphatic carbocycles. The molecule has 1 fully saturated rings. The van der Waals surface area contributed by atoms with Crippen LogP contribution in [0.3, 0.4) is 0 Å². The lowest BCUT2D eigenvalue weighted by molar-refractivity contribution is -0.162. The predicted octanol–water partition coefficient (Wildman–Crippen LogP) is 3.75. The minimum absolute atomic E-state index is 0.0433. The summed E-state index contributed by atoms with van der Waals surface area (Å²) in [5.74, 6) is -0.300. The summed E-state index contributed by atoms with van der Waals surface area (Å²) in [7, 11) is 0. The highest BCUT2D eigenvalue weighted by atomic mass is 79.9. The molecule has 0 amide bonds. The molecule has 1 heterocycles. The van der Waals surface area contributed by atoms with E-state index in [2.05, 4.69) is 15.9 Å². The minimum Gasteiger partial charge on any atom is -0.465 e. The Kier molecular flexibility index (Phi) is 4.79. The van der Waals surface area contributed by atoms with E-state index in [1.165, 1.54) is 0 Å². The van der Waals surface area contributed by atoms with Gasteiger partial charge >= 0.3 is 5.97 Å². The molecule has 1 unspecified atom stereocenters. The van der Waals surface area contributed by atoms with Crippen LogP contribution in [-0.2, 0) is 20.7 Å². The van der Waals surface area contributed by atoms with Crippen LogP contribution in [0, 0.1) is 5.41 Å². The van der Waals surface area contributed by atoms with Gasteiger partial charge in [0.2, 0.25) is 0 Å². The van der Waals surface area contributed by atoms with Crippen LogP contribution in [-0.4, -0.2) is 18.4 Å². The van der Waals surface area contributed by atoms with Gasteiger partial charge in [0.05, 0.1) is 10.4 Å². The first-order valence-corrected chi connectivity index (χ1v) is 8.14. The molecule has 2 rings (SSSR count). The molecule has 0 spiro atoms. The SMILES string of the molecule is CCOC(=O)C1(Cc2ccc(Br)s2)CCCCC1=O. The maximum absolute atomic E-state index is 12.3. The number of halogens is 1. The number of ketones is 1. The van der Waals surface area contributed by atoms with Gasteiger partial charge in [-0.3, -0.25) is 9.59 Å². The molecule has 1 aliphatic rings. The molecule has 0 bridgehead atoms. The van der Waals surface area contributed by atoms with Gasteiger partial charge in [-0.25, -0.2) is 0 Å². The van der Waals surface area contributed by atoms with Gasteiger partial charge in [-0.1, -0.05) is 6.42 Å². The fourth-order valence-corrected chi connectivity index (χ4v) is 4.18. The molecule has 0 N–H and O–H groups in total. The average Bonchev–Trinajstić information content (AvgIpc) is 2.78. The van der Waals surface area contributed by atoms with Crippen molar-refractivity contribution in [2.45, 2.75) is 39.0 Å². The van der Waals surface area contributed by atoms with Crippen molar-refractivity contribution in [2.75, 3.05) is 6.61 Å². The lowest BCUT2D eigenvalue weighted by atomic mass is 9.70. The van der Waals surface area contributed by atoms with Crippen LogP contribution in [0.25, 0.3) is 0 Å². The van der Waals surface area contributed by atoms with E-state index in [0.717, 1.165) is 21.5 Å². The molecule has 5 heteroatoms. The number of ether oxygens (including phenoxy) is 1. The molecular formula is C14H17BrO3S. The minimum atomic E-state index is -0.946. The molecule has 1 aromatic heterocycles. The number of Topliss-reactive ketones (excluding diaryl/α,β-unsaturated/α-hetero) is 1. The molecule has 104 valence electrons. The van der Waals surface area contributed by atoms with E-state index >= 15 is 0 Å². The van der Waals surface area contributed by atoms with Crippen LogP contribution in [0.2, 0.25) is 0 Å². The van der Waals surface area contributed by atoms with Crippen molar-refractivity contribution >= 4 is 39.0 Å². The van der Waals surface area contributed by atoms with Gasteiger partial charge in [-0.15, -0.1) is 11.3 Å². The van der Waals surface area contributed by atoms with E-state index in [1.54, 1.807) is 18.3 Å². The summed E-state index contributed by atoms with van der Waals surface area (Å²) >= 11 is 4.99. The van der Waals surface area contributed by atoms with Gasteiger partial charge in [0.25, 0.3) is 0 Å². The van der Waals surface area contributed by atoms with Crippen LogP contribution in [0.1, 0.15) is 37.5 Å². The number of thiophene rings is 1. The summed E-state index contributed by atoms with van der Waals surface area (Å²) in [5, 5.41) is 0. The summed E-state index contributed by atoms with van der Waals surface area (Å²) in [6.07, 6.45) is 3.37. The third kappa shape index (κ3) is 3.08. The van der Waals surface area contributed by atoms with Crippen LogP contribution in [0.4, 0.5) is 0 Å². The highest BCUT2D eigenvalue weighted by Crippen LogP contribution is 2.39. The Morgan fingerprint density at radius 1 is 1.47 bits per heavy atom. The van der Waals surface area contributed by atoms with Crippen molar-refractivity contribution in [1.29, 1.82) is 0 Å². The Balaban J connectivity index is 2.27. The fourth-order valence-electron chi connectivity index (χ4n) is 2.58. The van der Waals surface area contributed by atoms with E-state index in [1.807, 2.05) is 12.1 Å². The lowest BCUT2D eigenvalue weighted by Crippen LogP contribution is -2.44. The summed E-state index contributed by atoms with van der Waals surface area (Å²) in [4.78, 5) is 25.7. The topological polar surface area (TPSA) is 43.4 Å². The standard InChI is InChI=1S/C14H17BrO3S/c1-2-18-13(17)14(8-4-3-5-11(14)16)9-10-6-7-12(15)19-10/h6-7H,2-5,8-9H2,1H3.